The molecule has 3 aromatic carbocycles. The van der Waals surface area contributed by atoms with Gasteiger partial charge in [-0.1, -0.05) is 60.3 Å². The fourth-order valence-corrected chi connectivity index (χ4v) is 3.83. The topological polar surface area (TPSA) is 12.9 Å². The Hall–Kier alpha value is -3.12. The van der Waals surface area contributed by atoms with E-state index in [1.807, 2.05) is 36.4 Å². The molecule has 6 heteroatoms. The number of rotatable bonds is 4. The highest BCUT2D eigenvalue weighted by molar-refractivity contribution is 7.99. The van der Waals surface area contributed by atoms with Crippen molar-refractivity contribution in [1.82, 2.24) is 4.98 Å². The Morgan fingerprint density at radius 1 is 0.767 bits per heavy atom. The van der Waals surface area contributed by atoms with Crippen molar-refractivity contribution in [2.75, 3.05) is 0 Å². The molecule has 4 rings (SSSR count). The van der Waals surface area contributed by atoms with Crippen molar-refractivity contribution in [3.8, 4) is 0 Å². The lowest BCUT2D eigenvalue weighted by atomic mass is 10.1. The van der Waals surface area contributed by atoms with Crippen LogP contribution in [0.3, 0.4) is 0 Å². The first-order chi connectivity index (χ1) is 14.4. The molecule has 0 aliphatic carbocycles. The van der Waals surface area contributed by atoms with Gasteiger partial charge in [-0.05, 0) is 47.5 Å². The maximum absolute atomic E-state index is 14.3. The second kappa shape index (κ2) is 8.32. The molecule has 150 valence electrons. The van der Waals surface area contributed by atoms with E-state index in [9.17, 15) is 17.6 Å². The van der Waals surface area contributed by atoms with E-state index in [4.69, 9.17) is 0 Å². The molecule has 0 aliphatic heterocycles. The van der Waals surface area contributed by atoms with Crippen molar-refractivity contribution in [2.24, 2.45) is 0 Å². The summed E-state index contributed by atoms with van der Waals surface area (Å²) in [5.41, 5.74) is 1.46. The number of nitrogens with zero attached hydrogens (tertiary/aromatic N) is 1. The predicted molar refractivity (Wildman–Crippen MR) is 113 cm³/mol. The fourth-order valence-electron chi connectivity index (χ4n) is 2.94. The zero-order valence-electron chi connectivity index (χ0n) is 15.5. The Bertz CT molecular complexity index is 1210. The van der Waals surface area contributed by atoms with Crippen molar-refractivity contribution >= 4 is 34.8 Å². The summed E-state index contributed by atoms with van der Waals surface area (Å²) in [4.78, 5) is 5.38. The Labute approximate surface area is 175 Å². The minimum atomic E-state index is -4.34. The van der Waals surface area contributed by atoms with Gasteiger partial charge in [0.25, 0.3) is 0 Å². The fraction of sp³-hybridized carbons (Fsp3) is 0.0417. The maximum Gasteiger partial charge on any atom is 0.416 e. The number of alkyl halides is 3. The van der Waals surface area contributed by atoms with Crippen molar-refractivity contribution in [1.29, 1.82) is 0 Å². The average molecular weight is 425 g/mol. The normalized spacial score (nSPS) is 12.0. The van der Waals surface area contributed by atoms with Crippen molar-refractivity contribution < 1.29 is 17.6 Å². The molecule has 0 spiro atoms. The van der Waals surface area contributed by atoms with E-state index in [-0.39, 0.29) is 5.82 Å². The summed E-state index contributed by atoms with van der Waals surface area (Å²) in [5.74, 6) is -0.318. The third kappa shape index (κ3) is 4.71. The second-order valence-electron chi connectivity index (χ2n) is 6.59. The van der Waals surface area contributed by atoms with E-state index < -0.39 is 11.7 Å². The molecular weight excluding hydrogens is 410 g/mol. The summed E-state index contributed by atoms with van der Waals surface area (Å²) in [6.07, 6.45) is -0.775. The Morgan fingerprint density at radius 3 is 2.27 bits per heavy atom. The third-order valence-corrected chi connectivity index (χ3v) is 5.34. The van der Waals surface area contributed by atoms with Gasteiger partial charge in [0.1, 0.15) is 10.8 Å². The van der Waals surface area contributed by atoms with Crippen LogP contribution in [0.25, 0.3) is 23.1 Å². The summed E-state index contributed by atoms with van der Waals surface area (Å²) in [6, 6.07) is 21.0. The lowest BCUT2D eigenvalue weighted by Crippen LogP contribution is -2.03. The zero-order valence-corrected chi connectivity index (χ0v) is 16.3. The number of aromatic nitrogens is 1. The summed E-state index contributed by atoms with van der Waals surface area (Å²) in [7, 11) is 0. The van der Waals surface area contributed by atoms with Crippen molar-refractivity contribution in [3.63, 3.8) is 0 Å². The molecule has 0 amide bonds. The van der Waals surface area contributed by atoms with Gasteiger partial charge < -0.3 is 0 Å². The molecule has 0 N–H and O–H groups in total. The first kappa shape index (κ1) is 20.2. The van der Waals surface area contributed by atoms with Gasteiger partial charge in [0.15, 0.2) is 0 Å². The first-order valence-electron chi connectivity index (χ1n) is 9.07. The smallest absolute Gasteiger partial charge is 0.241 e. The number of pyridine rings is 1. The van der Waals surface area contributed by atoms with Gasteiger partial charge in [-0.15, -0.1) is 0 Å². The van der Waals surface area contributed by atoms with Gasteiger partial charge >= 0.3 is 6.18 Å². The Morgan fingerprint density at radius 2 is 1.50 bits per heavy atom. The van der Waals surface area contributed by atoms with Gasteiger partial charge in [0.2, 0.25) is 0 Å². The molecule has 0 bridgehead atoms. The number of hydrogen-bond acceptors (Lipinski definition) is 2. The number of para-hydroxylation sites is 1. The number of halogens is 4. The van der Waals surface area contributed by atoms with Gasteiger partial charge in [-0.25, -0.2) is 9.37 Å². The van der Waals surface area contributed by atoms with Crippen LogP contribution in [0.4, 0.5) is 17.6 Å². The molecule has 4 aromatic rings. The number of benzene rings is 3. The molecule has 0 fully saturated rings. The van der Waals surface area contributed by atoms with Crippen LogP contribution in [-0.4, -0.2) is 4.98 Å². The van der Waals surface area contributed by atoms with Crippen LogP contribution in [0.1, 0.15) is 16.7 Å². The molecule has 0 saturated carbocycles. The van der Waals surface area contributed by atoms with Crippen LogP contribution < -0.4 is 0 Å². The van der Waals surface area contributed by atoms with Crippen LogP contribution in [-0.2, 0) is 6.18 Å². The summed E-state index contributed by atoms with van der Waals surface area (Å²) >= 11 is 1.35. The minimum Gasteiger partial charge on any atom is -0.241 e. The summed E-state index contributed by atoms with van der Waals surface area (Å²) < 4.78 is 52.3. The molecular formula is C24H15F4NS. The quantitative estimate of drug-likeness (QED) is 0.245. The molecule has 0 saturated heterocycles. The van der Waals surface area contributed by atoms with E-state index in [1.165, 1.54) is 30.0 Å². The predicted octanol–water partition coefficient (Wildman–Crippen LogP) is 7.71. The summed E-state index contributed by atoms with van der Waals surface area (Å²) in [5, 5.41) is 1.03. The lowest BCUT2D eigenvalue weighted by molar-refractivity contribution is -0.137. The highest BCUT2D eigenvalue weighted by Gasteiger charge is 2.29. The molecule has 1 nitrogen and oxygen atoms in total. The molecule has 1 heterocycles. The van der Waals surface area contributed by atoms with Gasteiger partial charge in [-0.2, -0.15) is 13.2 Å². The SMILES string of the molecule is Fc1cc(Sc2cccc(/C=C/c3ccc(C(F)(F)F)cc3)c2)nc2ccccc12. The van der Waals surface area contributed by atoms with Crippen LogP contribution in [0.15, 0.2) is 88.8 Å². The molecule has 0 unspecified atom stereocenters. The first-order valence-corrected chi connectivity index (χ1v) is 9.89. The van der Waals surface area contributed by atoms with E-state index in [0.717, 1.165) is 22.6 Å². The third-order valence-electron chi connectivity index (χ3n) is 4.43. The van der Waals surface area contributed by atoms with Gasteiger partial charge in [-0.3, -0.25) is 0 Å². The zero-order chi connectivity index (χ0) is 21.1. The van der Waals surface area contributed by atoms with E-state index in [1.54, 1.807) is 24.3 Å². The van der Waals surface area contributed by atoms with E-state index in [2.05, 4.69) is 4.98 Å². The van der Waals surface area contributed by atoms with E-state index in [0.29, 0.717) is 21.5 Å². The lowest BCUT2D eigenvalue weighted by Gasteiger charge is -2.06. The minimum absolute atomic E-state index is 0.318. The standard InChI is InChI=1S/C24H15F4NS/c25-21-15-23(29-22-7-2-1-6-20(21)22)30-19-5-3-4-17(14-19)9-8-16-10-12-18(13-11-16)24(26,27)28/h1-15H/b9-8+. The molecule has 30 heavy (non-hydrogen) atoms. The van der Waals surface area contributed by atoms with Gasteiger partial charge in [0, 0.05) is 16.3 Å². The highest BCUT2D eigenvalue weighted by atomic mass is 32.2. The molecule has 0 radical (unpaired) electrons. The monoisotopic (exact) mass is 425 g/mol. The number of hydrogen-bond donors (Lipinski definition) is 0. The highest BCUT2D eigenvalue weighted by Crippen LogP contribution is 2.31. The largest absolute Gasteiger partial charge is 0.416 e. The van der Waals surface area contributed by atoms with Crippen LogP contribution in [0, 0.1) is 5.82 Å². The van der Waals surface area contributed by atoms with Crippen molar-refractivity contribution in [2.45, 2.75) is 16.1 Å². The van der Waals surface area contributed by atoms with E-state index >= 15 is 0 Å². The molecule has 1 aromatic heterocycles. The average Bonchev–Trinajstić information content (AvgIpc) is 2.72. The molecule has 0 aliphatic rings. The van der Waals surface area contributed by atoms with Crippen LogP contribution >= 0.6 is 11.8 Å². The second-order valence-corrected chi connectivity index (χ2v) is 7.68. The van der Waals surface area contributed by atoms with Gasteiger partial charge in [0.05, 0.1) is 11.1 Å². The van der Waals surface area contributed by atoms with Crippen molar-refractivity contribution in [3.05, 3.63) is 101 Å². The summed E-state index contributed by atoms with van der Waals surface area (Å²) in [6.45, 7) is 0. The van der Waals surface area contributed by atoms with Crippen LogP contribution in [0.2, 0.25) is 0 Å². The Kier molecular flexibility index (Phi) is 5.59. The number of fused-ring (bicyclic) bond motifs is 1. The Balaban J connectivity index is 1.52. The van der Waals surface area contributed by atoms with Crippen LogP contribution in [0.5, 0.6) is 0 Å². The molecule has 0 atom stereocenters. The maximum atomic E-state index is 14.3.